The predicted octanol–water partition coefficient (Wildman–Crippen LogP) is 5.21. The summed E-state index contributed by atoms with van der Waals surface area (Å²) >= 11 is 0. The van der Waals surface area contributed by atoms with E-state index >= 15 is 0 Å². The Morgan fingerprint density at radius 2 is 1.64 bits per heavy atom. The minimum Gasteiger partial charge on any atom is -0.338 e. The summed E-state index contributed by atoms with van der Waals surface area (Å²) in [6.07, 6.45) is 5.48. The molecule has 132 valence electrons. The smallest absolute Gasteiger partial charge is 0.161 e. The molecule has 1 aliphatic carbocycles. The first-order valence-corrected chi connectivity index (χ1v) is 9.13. The van der Waals surface area contributed by atoms with Crippen LogP contribution in [-0.4, -0.2) is 19.7 Å². The molecule has 0 saturated carbocycles. The monoisotopic (exact) mass is 361 g/mol. The molecule has 0 amide bonds. The number of rotatable bonds is 3. The standard InChI is InChI=1S/C23H15N5/c1-2-8-19-17(7-1)18-9-4-10-20-21(18)22(19)26-27-23(20)25-15-5-3-6-16(13-15)28-12-11-24-14-28/h1-14H,(H,25,27). The molecule has 5 nitrogen and oxygen atoms in total. The molecule has 2 aromatic heterocycles. The maximum absolute atomic E-state index is 4.56. The van der Waals surface area contributed by atoms with Crippen molar-refractivity contribution in [1.29, 1.82) is 0 Å². The third-order valence-electron chi connectivity index (χ3n) is 5.19. The van der Waals surface area contributed by atoms with Crippen LogP contribution in [0.25, 0.3) is 38.8 Å². The quantitative estimate of drug-likeness (QED) is 0.470. The maximum Gasteiger partial charge on any atom is 0.161 e. The average molecular weight is 361 g/mol. The van der Waals surface area contributed by atoms with Gasteiger partial charge in [-0.2, -0.15) is 0 Å². The Morgan fingerprint density at radius 3 is 2.54 bits per heavy atom. The third kappa shape index (κ3) is 2.16. The SMILES string of the molecule is c1cc(Nc2nnc3c4c(cccc24)-c2ccccc2-3)cc(-n2ccnc2)c1. The van der Waals surface area contributed by atoms with Crippen molar-refractivity contribution < 1.29 is 0 Å². The Labute approximate surface area is 161 Å². The summed E-state index contributed by atoms with van der Waals surface area (Å²) in [7, 11) is 0. The Morgan fingerprint density at radius 1 is 0.786 bits per heavy atom. The van der Waals surface area contributed by atoms with E-state index < -0.39 is 0 Å². The van der Waals surface area contributed by atoms with Gasteiger partial charge in [-0.05, 0) is 29.3 Å². The molecule has 5 aromatic rings. The lowest BCUT2D eigenvalue weighted by molar-refractivity contribution is 1.05. The van der Waals surface area contributed by atoms with Crippen LogP contribution in [0, 0.1) is 0 Å². The van der Waals surface area contributed by atoms with E-state index in [1.165, 1.54) is 11.1 Å². The minimum atomic E-state index is 0.760. The highest BCUT2D eigenvalue weighted by Crippen LogP contribution is 2.46. The third-order valence-corrected chi connectivity index (χ3v) is 5.19. The van der Waals surface area contributed by atoms with Crippen molar-refractivity contribution >= 4 is 22.3 Å². The maximum atomic E-state index is 4.56. The van der Waals surface area contributed by atoms with Crippen LogP contribution in [0.4, 0.5) is 11.5 Å². The molecule has 0 unspecified atom stereocenters. The molecule has 5 heteroatoms. The van der Waals surface area contributed by atoms with Crippen LogP contribution in [0.2, 0.25) is 0 Å². The topological polar surface area (TPSA) is 55.6 Å². The molecule has 0 atom stereocenters. The number of nitrogens with zero attached hydrogens (tertiary/aromatic N) is 4. The highest BCUT2D eigenvalue weighted by Gasteiger charge is 2.24. The molecule has 0 aliphatic heterocycles. The van der Waals surface area contributed by atoms with E-state index in [-0.39, 0.29) is 0 Å². The lowest BCUT2D eigenvalue weighted by Crippen LogP contribution is -1.99. The largest absolute Gasteiger partial charge is 0.338 e. The summed E-state index contributed by atoms with van der Waals surface area (Å²) in [4.78, 5) is 4.12. The first kappa shape index (κ1) is 15.1. The van der Waals surface area contributed by atoms with Gasteiger partial charge in [0.05, 0.1) is 6.33 Å². The summed E-state index contributed by atoms with van der Waals surface area (Å²) in [6, 6.07) is 22.9. The average Bonchev–Trinajstić information content (AvgIpc) is 3.39. The molecular formula is C23H15N5. The number of fused-ring (bicyclic) bond motifs is 3. The van der Waals surface area contributed by atoms with E-state index in [0.29, 0.717) is 0 Å². The van der Waals surface area contributed by atoms with E-state index in [1.807, 2.05) is 35.0 Å². The van der Waals surface area contributed by atoms with Crippen LogP contribution < -0.4 is 5.32 Å². The van der Waals surface area contributed by atoms with Crippen molar-refractivity contribution in [2.24, 2.45) is 0 Å². The van der Waals surface area contributed by atoms with Crippen LogP contribution in [0.1, 0.15) is 0 Å². The molecule has 28 heavy (non-hydrogen) atoms. The highest BCUT2D eigenvalue weighted by atomic mass is 15.2. The number of benzene rings is 3. The van der Waals surface area contributed by atoms with Crippen molar-refractivity contribution in [2.75, 3.05) is 5.32 Å². The van der Waals surface area contributed by atoms with Gasteiger partial charge in [0.1, 0.15) is 5.69 Å². The van der Waals surface area contributed by atoms with Gasteiger partial charge in [-0.1, -0.05) is 48.5 Å². The van der Waals surface area contributed by atoms with Crippen molar-refractivity contribution in [3.63, 3.8) is 0 Å². The number of imidazole rings is 1. The van der Waals surface area contributed by atoms with Crippen molar-refractivity contribution in [3.8, 4) is 28.1 Å². The number of hydrogen-bond acceptors (Lipinski definition) is 4. The van der Waals surface area contributed by atoms with Gasteiger partial charge >= 0.3 is 0 Å². The molecule has 2 heterocycles. The number of hydrogen-bond donors (Lipinski definition) is 1. The van der Waals surface area contributed by atoms with E-state index in [4.69, 9.17) is 0 Å². The zero-order valence-electron chi connectivity index (χ0n) is 14.9. The zero-order valence-corrected chi connectivity index (χ0v) is 14.9. The predicted molar refractivity (Wildman–Crippen MR) is 111 cm³/mol. The second-order valence-electron chi connectivity index (χ2n) is 6.82. The molecule has 1 aliphatic rings. The van der Waals surface area contributed by atoms with Gasteiger partial charge < -0.3 is 9.88 Å². The van der Waals surface area contributed by atoms with Gasteiger partial charge in [0.15, 0.2) is 5.82 Å². The molecule has 1 N–H and O–H groups in total. The summed E-state index contributed by atoms with van der Waals surface area (Å²) in [6.45, 7) is 0. The molecule has 0 bridgehead atoms. The van der Waals surface area contributed by atoms with Crippen LogP contribution in [0.5, 0.6) is 0 Å². The first-order chi connectivity index (χ1) is 13.9. The van der Waals surface area contributed by atoms with Gasteiger partial charge in [-0.3, -0.25) is 0 Å². The molecule has 6 rings (SSSR count). The van der Waals surface area contributed by atoms with E-state index in [9.17, 15) is 0 Å². The summed E-state index contributed by atoms with van der Waals surface area (Å²) < 4.78 is 1.97. The zero-order chi connectivity index (χ0) is 18.5. The fourth-order valence-corrected chi connectivity index (χ4v) is 3.93. The van der Waals surface area contributed by atoms with Crippen molar-refractivity contribution in [3.05, 3.63) is 85.5 Å². The number of anilines is 2. The van der Waals surface area contributed by atoms with Gasteiger partial charge in [0.25, 0.3) is 0 Å². The molecular weight excluding hydrogens is 346 g/mol. The number of aromatic nitrogens is 4. The summed E-state index contributed by atoms with van der Waals surface area (Å²) in [5.74, 6) is 0.760. The van der Waals surface area contributed by atoms with Crippen LogP contribution in [0.3, 0.4) is 0 Å². The van der Waals surface area contributed by atoms with E-state index in [0.717, 1.165) is 39.2 Å². The Kier molecular flexibility index (Phi) is 3.10. The van der Waals surface area contributed by atoms with Crippen LogP contribution in [-0.2, 0) is 0 Å². The number of nitrogens with one attached hydrogen (secondary N) is 1. The van der Waals surface area contributed by atoms with Crippen molar-refractivity contribution in [2.45, 2.75) is 0 Å². The summed E-state index contributed by atoms with van der Waals surface area (Å²) in [5, 5.41) is 14.8. The minimum absolute atomic E-state index is 0.760. The molecule has 0 spiro atoms. The molecule has 0 radical (unpaired) electrons. The Bertz CT molecular complexity index is 1310. The lowest BCUT2D eigenvalue weighted by Gasteiger charge is -2.11. The first-order valence-electron chi connectivity index (χ1n) is 9.13. The molecule has 0 fully saturated rings. The molecule has 0 saturated heterocycles. The fraction of sp³-hybridized carbons (Fsp3) is 0. The van der Waals surface area contributed by atoms with Crippen molar-refractivity contribution in [1.82, 2.24) is 19.7 Å². The Balaban J connectivity index is 1.48. The molecule has 3 aromatic carbocycles. The van der Waals surface area contributed by atoms with Gasteiger partial charge in [0, 0.05) is 40.1 Å². The Hall–Kier alpha value is -3.99. The van der Waals surface area contributed by atoms with E-state index in [2.05, 4.69) is 63.0 Å². The fourth-order valence-electron chi connectivity index (χ4n) is 3.93. The van der Waals surface area contributed by atoms with E-state index in [1.54, 1.807) is 12.5 Å². The van der Waals surface area contributed by atoms with Gasteiger partial charge in [0.2, 0.25) is 0 Å². The highest BCUT2D eigenvalue weighted by molar-refractivity contribution is 6.16. The van der Waals surface area contributed by atoms with Crippen LogP contribution in [0.15, 0.2) is 85.5 Å². The lowest BCUT2D eigenvalue weighted by atomic mass is 10.0. The second kappa shape index (κ2) is 5.76. The van der Waals surface area contributed by atoms with Crippen LogP contribution >= 0.6 is 0 Å². The normalized spacial score (nSPS) is 11.6. The van der Waals surface area contributed by atoms with Gasteiger partial charge in [-0.25, -0.2) is 4.98 Å². The van der Waals surface area contributed by atoms with Gasteiger partial charge in [-0.15, -0.1) is 10.2 Å². The summed E-state index contributed by atoms with van der Waals surface area (Å²) in [5.41, 5.74) is 6.53. The second-order valence-corrected chi connectivity index (χ2v) is 6.82.